The summed E-state index contributed by atoms with van der Waals surface area (Å²) in [5, 5.41) is 56.8. The van der Waals surface area contributed by atoms with Gasteiger partial charge in [0.05, 0.1) is 25.4 Å². The lowest BCUT2D eigenvalue weighted by atomic mass is 9.99. The Labute approximate surface area is 444 Å². The van der Waals surface area contributed by atoms with Crippen LogP contribution < -0.4 is 5.32 Å². The summed E-state index contributed by atoms with van der Waals surface area (Å²) >= 11 is 0. The van der Waals surface area contributed by atoms with Crippen molar-refractivity contribution >= 4 is 11.9 Å². The fraction of sp³-hybridized carbons (Fsp3) is 0.710. The zero-order valence-corrected chi connectivity index (χ0v) is 46.0. The van der Waals surface area contributed by atoms with Crippen molar-refractivity contribution in [3.63, 3.8) is 0 Å². The molecule has 0 aromatic heterocycles. The highest BCUT2D eigenvalue weighted by Crippen LogP contribution is 2.26. The van der Waals surface area contributed by atoms with Gasteiger partial charge >= 0.3 is 5.97 Å². The number of aliphatic hydroxyl groups is 5. The molecule has 1 fully saturated rings. The van der Waals surface area contributed by atoms with E-state index in [0.717, 1.165) is 103 Å². The monoisotopic (exact) mass is 1020 g/mol. The SMILES string of the molecule is CC/C=C\C/C=C\C/C=C\C/C=C\C/C=C\CCC(O)C(=O)NC(COC1OC(CO)C(O)C(O)C1OC(=O)CCCCCCCC/C=C/C=C/CCCCC)C(O)/C=C/CCCCCCCCCCCCC. The lowest BCUT2D eigenvalue weighted by Crippen LogP contribution is -2.61. The van der Waals surface area contributed by atoms with Crippen molar-refractivity contribution in [1.82, 2.24) is 5.32 Å². The van der Waals surface area contributed by atoms with Gasteiger partial charge < -0.3 is 45.1 Å². The molecule has 1 rings (SSSR count). The van der Waals surface area contributed by atoms with Crippen LogP contribution in [0.25, 0.3) is 0 Å². The predicted octanol–water partition coefficient (Wildman–Crippen LogP) is 13.2. The molecule has 1 amide bonds. The van der Waals surface area contributed by atoms with Gasteiger partial charge in [0.1, 0.15) is 24.4 Å². The molecular formula is C62H105NO10. The zero-order valence-electron chi connectivity index (χ0n) is 46.0. The number of ether oxygens (including phenoxy) is 3. The molecule has 0 spiro atoms. The first-order chi connectivity index (χ1) is 35.7. The van der Waals surface area contributed by atoms with Crippen LogP contribution in [0.2, 0.25) is 0 Å². The van der Waals surface area contributed by atoms with Crippen molar-refractivity contribution in [3.05, 3.63) is 97.2 Å². The summed E-state index contributed by atoms with van der Waals surface area (Å²) in [4.78, 5) is 26.4. The number of esters is 1. The Hall–Kier alpha value is -3.42. The second-order valence-corrected chi connectivity index (χ2v) is 19.7. The average molecular weight is 1020 g/mol. The third-order valence-electron chi connectivity index (χ3n) is 13.0. The molecule has 1 heterocycles. The summed E-state index contributed by atoms with van der Waals surface area (Å²) in [6.07, 6.45) is 54.5. The third kappa shape index (κ3) is 37.9. The van der Waals surface area contributed by atoms with Crippen LogP contribution in [-0.4, -0.2) is 99.6 Å². The Kier molecular flexibility index (Phi) is 45.8. The molecule has 11 nitrogen and oxygen atoms in total. The predicted molar refractivity (Wildman–Crippen MR) is 301 cm³/mol. The van der Waals surface area contributed by atoms with Gasteiger partial charge in [-0.05, 0) is 89.9 Å². The van der Waals surface area contributed by atoms with E-state index in [2.05, 4.69) is 99.0 Å². The molecule has 418 valence electrons. The van der Waals surface area contributed by atoms with Gasteiger partial charge in [-0.1, -0.05) is 221 Å². The van der Waals surface area contributed by atoms with Gasteiger partial charge in [-0.15, -0.1) is 0 Å². The quantitative estimate of drug-likeness (QED) is 0.0149. The second kappa shape index (κ2) is 49.5. The Balaban J connectivity index is 2.80. The van der Waals surface area contributed by atoms with Crippen molar-refractivity contribution < 1.29 is 49.3 Å². The van der Waals surface area contributed by atoms with Gasteiger partial charge in [0, 0.05) is 6.42 Å². The summed E-state index contributed by atoms with van der Waals surface area (Å²) in [7, 11) is 0. The van der Waals surface area contributed by atoms with Crippen molar-refractivity contribution in [1.29, 1.82) is 0 Å². The first-order valence-electron chi connectivity index (χ1n) is 29.0. The first-order valence-corrected chi connectivity index (χ1v) is 29.0. The number of rotatable bonds is 47. The molecule has 0 aromatic rings. The van der Waals surface area contributed by atoms with Crippen molar-refractivity contribution in [2.45, 2.75) is 269 Å². The highest BCUT2D eigenvalue weighted by molar-refractivity contribution is 5.80. The molecule has 0 bridgehead atoms. The lowest BCUT2D eigenvalue weighted by Gasteiger charge is -2.41. The number of hydrogen-bond acceptors (Lipinski definition) is 10. The molecule has 1 saturated heterocycles. The van der Waals surface area contributed by atoms with E-state index in [1.54, 1.807) is 6.08 Å². The molecule has 0 aliphatic carbocycles. The molecule has 8 atom stereocenters. The summed E-state index contributed by atoms with van der Waals surface area (Å²) in [5.74, 6) is -1.28. The summed E-state index contributed by atoms with van der Waals surface area (Å²) in [5.41, 5.74) is 0. The van der Waals surface area contributed by atoms with Crippen LogP contribution in [-0.2, 0) is 23.8 Å². The summed E-state index contributed by atoms with van der Waals surface area (Å²) in [6, 6.07) is -1.06. The number of allylic oxidation sites excluding steroid dienone is 15. The molecule has 0 aromatic carbocycles. The average Bonchev–Trinajstić information content (AvgIpc) is 3.39. The normalized spacial score (nSPS) is 20.1. The van der Waals surface area contributed by atoms with Crippen LogP contribution in [0.5, 0.6) is 0 Å². The van der Waals surface area contributed by atoms with Gasteiger partial charge in [0.25, 0.3) is 0 Å². The van der Waals surface area contributed by atoms with E-state index >= 15 is 0 Å². The largest absolute Gasteiger partial charge is 0.454 e. The first kappa shape index (κ1) is 67.6. The Morgan fingerprint density at radius 3 is 1.56 bits per heavy atom. The van der Waals surface area contributed by atoms with E-state index in [1.807, 2.05) is 18.2 Å². The molecular weight excluding hydrogens is 919 g/mol. The highest BCUT2D eigenvalue weighted by Gasteiger charge is 2.47. The minimum atomic E-state index is -1.63. The van der Waals surface area contributed by atoms with Crippen LogP contribution >= 0.6 is 0 Å². The van der Waals surface area contributed by atoms with E-state index in [4.69, 9.17) is 14.2 Å². The van der Waals surface area contributed by atoms with Gasteiger partial charge in [0.15, 0.2) is 12.4 Å². The second-order valence-electron chi connectivity index (χ2n) is 19.7. The molecule has 6 N–H and O–H groups in total. The maximum Gasteiger partial charge on any atom is 0.306 e. The van der Waals surface area contributed by atoms with Crippen LogP contribution in [0.4, 0.5) is 0 Å². The molecule has 8 unspecified atom stereocenters. The molecule has 73 heavy (non-hydrogen) atoms. The minimum absolute atomic E-state index is 0.0988. The van der Waals surface area contributed by atoms with Crippen LogP contribution in [0.15, 0.2) is 97.2 Å². The Morgan fingerprint density at radius 1 is 0.562 bits per heavy atom. The van der Waals surface area contributed by atoms with Gasteiger partial charge in [0.2, 0.25) is 5.91 Å². The fourth-order valence-corrected chi connectivity index (χ4v) is 8.38. The number of carbonyl (C=O) groups is 2. The van der Waals surface area contributed by atoms with E-state index in [9.17, 15) is 35.1 Å². The molecule has 1 aliphatic heterocycles. The van der Waals surface area contributed by atoms with E-state index in [-0.39, 0.29) is 19.4 Å². The molecule has 0 saturated carbocycles. The number of unbranched alkanes of at least 4 members (excludes halogenated alkanes) is 20. The smallest absolute Gasteiger partial charge is 0.306 e. The lowest BCUT2D eigenvalue weighted by molar-refractivity contribution is -0.305. The number of hydrogen-bond donors (Lipinski definition) is 6. The minimum Gasteiger partial charge on any atom is -0.454 e. The highest BCUT2D eigenvalue weighted by atomic mass is 16.7. The Bertz CT molecular complexity index is 1550. The van der Waals surface area contributed by atoms with Crippen LogP contribution in [0, 0.1) is 0 Å². The van der Waals surface area contributed by atoms with E-state index < -0.39 is 67.4 Å². The number of aliphatic hydroxyl groups excluding tert-OH is 5. The molecule has 1 aliphatic rings. The van der Waals surface area contributed by atoms with Gasteiger partial charge in [-0.3, -0.25) is 9.59 Å². The van der Waals surface area contributed by atoms with Crippen molar-refractivity contribution in [2.24, 2.45) is 0 Å². The molecule has 0 radical (unpaired) electrons. The number of nitrogens with one attached hydrogen (secondary N) is 1. The Morgan fingerprint density at radius 2 is 1.03 bits per heavy atom. The summed E-state index contributed by atoms with van der Waals surface area (Å²) in [6.45, 7) is 5.58. The maximum atomic E-state index is 13.4. The van der Waals surface area contributed by atoms with Crippen LogP contribution in [0.3, 0.4) is 0 Å². The molecule has 11 heteroatoms. The van der Waals surface area contributed by atoms with E-state index in [0.29, 0.717) is 12.8 Å². The standard InChI is InChI=1S/C62H105NO10/c1-4-7-10-13-16-19-22-25-27-29-31-34-37-40-43-46-49-55(66)61(70)63-53(54(65)48-45-42-39-36-33-30-24-21-18-15-12-9-6-3)52-71-62-60(59(69)58(68)56(51-64)72-62)73-57(67)50-47-44-41-38-35-32-28-26-23-20-17-14-11-8-5-2/h7,10,16-17,19-20,23,25-27,31,34,40,43,45,48,53-56,58-60,62,64-66,68-69H,4-6,8-9,11-15,18,21-22,24,28-30,32-33,35-39,41-42,44,46-47,49-52H2,1-3H3,(H,63,70)/b10-7-,19-16-,20-17+,26-23+,27-25-,34-31-,43-40-,48-45+. The number of amides is 1. The topological polar surface area (TPSA) is 175 Å². The maximum absolute atomic E-state index is 13.4. The van der Waals surface area contributed by atoms with E-state index in [1.165, 1.54) is 70.6 Å². The number of carbonyl (C=O) groups excluding carboxylic acids is 2. The third-order valence-corrected chi connectivity index (χ3v) is 13.0. The summed E-state index contributed by atoms with van der Waals surface area (Å²) < 4.78 is 17.5. The zero-order chi connectivity index (χ0) is 53.3. The van der Waals surface area contributed by atoms with Crippen molar-refractivity contribution in [3.8, 4) is 0 Å². The van der Waals surface area contributed by atoms with Crippen LogP contribution in [0.1, 0.15) is 220 Å². The van der Waals surface area contributed by atoms with Gasteiger partial charge in [-0.25, -0.2) is 0 Å². The van der Waals surface area contributed by atoms with Crippen molar-refractivity contribution in [2.75, 3.05) is 13.2 Å². The fourth-order valence-electron chi connectivity index (χ4n) is 8.38. The van der Waals surface area contributed by atoms with Gasteiger partial charge in [-0.2, -0.15) is 0 Å².